The number of nitrogens with zero attached hydrogens (tertiary/aromatic N) is 3. The average Bonchev–Trinajstić information content (AvgIpc) is 3.52. The Morgan fingerprint density at radius 2 is 1.91 bits per heavy atom. The summed E-state index contributed by atoms with van der Waals surface area (Å²) in [6.45, 7) is 2.41. The van der Waals surface area contributed by atoms with Crippen LogP contribution in [0.1, 0.15) is 33.8 Å². The van der Waals surface area contributed by atoms with Gasteiger partial charge in [-0.15, -0.1) is 11.3 Å². The molecule has 0 radical (unpaired) electrons. The molecule has 6 nitrogen and oxygen atoms in total. The molecule has 0 unspecified atom stereocenters. The summed E-state index contributed by atoms with van der Waals surface area (Å²) in [6.07, 6.45) is 7.43. The van der Waals surface area contributed by atoms with Crippen molar-refractivity contribution in [2.75, 3.05) is 5.32 Å². The minimum atomic E-state index is -0.306. The standard InChI is InChI=1S/C26H22FN5OS/c1-17(18-4-7-20(27)8-5-18)31-26(33)22-3-2-12-29-25(22)30-15-21-9-10-23(34-21)19-6-11-24-28-13-14-32(24)16-19/h2-14,16-17H,15H2,1H3,(H,29,30)(H,31,33)/t17-/m0/s1. The molecule has 0 aliphatic heterocycles. The molecule has 34 heavy (non-hydrogen) atoms. The highest BCUT2D eigenvalue weighted by atomic mass is 32.1. The first kappa shape index (κ1) is 21.8. The SMILES string of the molecule is C[C@H](NC(=O)c1cccnc1NCc1ccc(-c2ccc3nccn3c2)s1)c1ccc(F)cc1. The number of carbonyl (C=O) groups is 1. The fraction of sp³-hybridized carbons (Fsp3) is 0.115. The van der Waals surface area contributed by atoms with E-state index in [0.717, 1.165) is 26.5 Å². The Morgan fingerprint density at radius 3 is 2.76 bits per heavy atom. The summed E-state index contributed by atoms with van der Waals surface area (Å²) in [4.78, 5) is 23.9. The van der Waals surface area contributed by atoms with Gasteiger partial charge < -0.3 is 15.0 Å². The zero-order valence-corrected chi connectivity index (χ0v) is 19.2. The Morgan fingerprint density at radius 1 is 1.06 bits per heavy atom. The lowest BCUT2D eigenvalue weighted by atomic mass is 10.1. The summed E-state index contributed by atoms with van der Waals surface area (Å²) in [7, 11) is 0. The number of hydrogen-bond donors (Lipinski definition) is 2. The maximum absolute atomic E-state index is 13.2. The third kappa shape index (κ3) is 4.67. The second-order valence-electron chi connectivity index (χ2n) is 7.88. The van der Waals surface area contributed by atoms with Crippen LogP contribution in [-0.4, -0.2) is 20.3 Å². The molecule has 0 spiro atoms. The van der Waals surface area contributed by atoms with Gasteiger partial charge >= 0.3 is 0 Å². The lowest BCUT2D eigenvalue weighted by molar-refractivity contribution is 0.0940. The normalized spacial score (nSPS) is 11.9. The van der Waals surface area contributed by atoms with E-state index in [2.05, 4.69) is 45.0 Å². The number of rotatable bonds is 7. The molecule has 8 heteroatoms. The molecule has 0 aliphatic carbocycles. The molecule has 5 aromatic rings. The Labute approximate surface area is 200 Å². The van der Waals surface area contributed by atoms with E-state index in [1.165, 1.54) is 12.1 Å². The van der Waals surface area contributed by atoms with E-state index in [1.54, 1.807) is 48.0 Å². The van der Waals surface area contributed by atoms with E-state index < -0.39 is 0 Å². The van der Waals surface area contributed by atoms with Crippen LogP contribution in [0.3, 0.4) is 0 Å². The van der Waals surface area contributed by atoms with E-state index in [9.17, 15) is 9.18 Å². The lowest BCUT2D eigenvalue weighted by Gasteiger charge is -2.16. The van der Waals surface area contributed by atoms with Gasteiger partial charge in [0.2, 0.25) is 0 Å². The van der Waals surface area contributed by atoms with Crippen molar-refractivity contribution in [2.45, 2.75) is 19.5 Å². The van der Waals surface area contributed by atoms with Crippen LogP contribution in [0.4, 0.5) is 10.2 Å². The third-order valence-electron chi connectivity index (χ3n) is 5.53. The van der Waals surface area contributed by atoms with Crippen LogP contribution in [-0.2, 0) is 6.54 Å². The minimum absolute atomic E-state index is 0.243. The van der Waals surface area contributed by atoms with Gasteiger partial charge in [0.25, 0.3) is 5.91 Å². The first-order valence-electron chi connectivity index (χ1n) is 10.8. The molecule has 4 heterocycles. The maximum atomic E-state index is 13.2. The quantitative estimate of drug-likeness (QED) is 0.319. The van der Waals surface area contributed by atoms with Crippen molar-refractivity contribution >= 4 is 28.7 Å². The number of benzene rings is 1. The molecule has 0 bridgehead atoms. The number of fused-ring (bicyclic) bond motifs is 1. The molecule has 4 aromatic heterocycles. The molecule has 1 aromatic carbocycles. The smallest absolute Gasteiger partial charge is 0.255 e. The number of nitrogens with one attached hydrogen (secondary N) is 2. The fourth-order valence-corrected chi connectivity index (χ4v) is 4.64. The van der Waals surface area contributed by atoms with Crippen molar-refractivity contribution in [3.63, 3.8) is 0 Å². The summed E-state index contributed by atoms with van der Waals surface area (Å²) < 4.78 is 15.2. The monoisotopic (exact) mass is 471 g/mol. The number of anilines is 1. The van der Waals surface area contributed by atoms with Crippen molar-refractivity contribution in [2.24, 2.45) is 0 Å². The minimum Gasteiger partial charge on any atom is -0.365 e. The van der Waals surface area contributed by atoms with Gasteiger partial charge in [-0.05, 0) is 61.0 Å². The average molecular weight is 472 g/mol. The van der Waals surface area contributed by atoms with Gasteiger partial charge in [0.1, 0.15) is 17.3 Å². The highest BCUT2D eigenvalue weighted by molar-refractivity contribution is 7.15. The maximum Gasteiger partial charge on any atom is 0.255 e. The van der Waals surface area contributed by atoms with Crippen LogP contribution in [0.2, 0.25) is 0 Å². The highest BCUT2D eigenvalue weighted by Crippen LogP contribution is 2.29. The number of pyridine rings is 2. The molecule has 0 aliphatic rings. The topological polar surface area (TPSA) is 71.3 Å². The van der Waals surface area contributed by atoms with Crippen LogP contribution in [0.15, 0.2) is 85.5 Å². The Bertz CT molecular complexity index is 1440. The van der Waals surface area contributed by atoms with E-state index in [-0.39, 0.29) is 17.8 Å². The largest absolute Gasteiger partial charge is 0.365 e. The number of carbonyl (C=O) groups excluding carboxylic acids is 1. The van der Waals surface area contributed by atoms with Crippen molar-refractivity contribution in [3.05, 3.63) is 107 Å². The van der Waals surface area contributed by atoms with Crippen molar-refractivity contribution in [1.29, 1.82) is 0 Å². The van der Waals surface area contributed by atoms with Crippen LogP contribution in [0.5, 0.6) is 0 Å². The van der Waals surface area contributed by atoms with Gasteiger partial charge in [-0.1, -0.05) is 12.1 Å². The first-order chi connectivity index (χ1) is 16.6. The molecule has 5 rings (SSSR count). The Kier molecular flexibility index (Phi) is 6.05. The predicted octanol–water partition coefficient (Wildman–Crippen LogP) is 5.70. The zero-order chi connectivity index (χ0) is 23.5. The van der Waals surface area contributed by atoms with Gasteiger partial charge in [0.15, 0.2) is 0 Å². The van der Waals surface area contributed by atoms with Crippen LogP contribution >= 0.6 is 11.3 Å². The summed E-state index contributed by atoms with van der Waals surface area (Å²) in [5.74, 6) is -0.0333. The summed E-state index contributed by atoms with van der Waals surface area (Å²) in [5, 5.41) is 6.26. The predicted molar refractivity (Wildman–Crippen MR) is 132 cm³/mol. The van der Waals surface area contributed by atoms with Gasteiger partial charge in [0, 0.05) is 40.1 Å². The molecular formula is C26H22FN5OS. The van der Waals surface area contributed by atoms with Crippen molar-refractivity contribution < 1.29 is 9.18 Å². The Balaban J connectivity index is 1.27. The van der Waals surface area contributed by atoms with Gasteiger partial charge in [-0.2, -0.15) is 0 Å². The summed E-state index contributed by atoms with van der Waals surface area (Å²) in [6, 6.07) is 17.5. The number of halogens is 1. The third-order valence-corrected chi connectivity index (χ3v) is 6.67. The fourth-order valence-electron chi connectivity index (χ4n) is 3.70. The highest BCUT2D eigenvalue weighted by Gasteiger charge is 2.16. The second kappa shape index (κ2) is 9.44. The van der Waals surface area contributed by atoms with E-state index in [4.69, 9.17) is 0 Å². The van der Waals surface area contributed by atoms with Crippen molar-refractivity contribution in [1.82, 2.24) is 19.7 Å². The molecule has 2 N–H and O–H groups in total. The number of amides is 1. The molecule has 0 saturated heterocycles. The van der Waals surface area contributed by atoms with Crippen LogP contribution in [0, 0.1) is 5.82 Å². The van der Waals surface area contributed by atoms with E-state index >= 15 is 0 Å². The molecule has 0 saturated carbocycles. The number of imidazole rings is 1. The van der Waals surface area contributed by atoms with Crippen LogP contribution in [0.25, 0.3) is 16.1 Å². The Hall–Kier alpha value is -4.04. The molecule has 1 amide bonds. The van der Waals surface area contributed by atoms with E-state index in [0.29, 0.717) is 17.9 Å². The molecular weight excluding hydrogens is 449 g/mol. The number of aromatic nitrogens is 3. The first-order valence-corrected chi connectivity index (χ1v) is 11.7. The van der Waals surface area contributed by atoms with E-state index in [1.807, 2.05) is 23.6 Å². The van der Waals surface area contributed by atoms with Gasteiger partial charge in [0.05, 0.1) is 18.2 Å². The van der Waals surface area contributed by atoms with Gasteiger partial charge in [-0.3, -0.25) is 4.79 Å². The summed E-state index contributed by atoms with van der Waals surface area (Å²) >= 11 is 1.68. The van der Waals surface area contributed by atoms with Gasteiger partial charge in [-0.25, -0.2) is 14.4 Å². The molecule has 0 fully saturated rings. The second-order valence-corrected chi connectivity index (χ2v) is 9.04. The number of thiophene rings is 1. The zero-order valence-electron chi connectivity index (χ0n) is 18.4. The van der Waals surface area contributed by atoms with Crippen LogP contribution < -0.4 is 10.6 Å². The summed E-state index contributed by atoms with van der Waals surface area (Å²) in [5.41, 5.74) is 3.32. The van der Waals surface area contributed by atoms with Crippen molar-refractivity contribution in [3.8, 4) is 10.4 Å². The molecule has 170 valence electrons. The lowest BCUT2D eigenvalue weighted by Crippen LogP contribution is -2.27. The molecule has 1 atom stereocenters. The number of hydrogen-bond acceptors (Lipinski definition) is 5.